The van der Waals surface area contributed by atoms with E-state index in [-0.39, 0.29) is 11.9 Å². The number of anilines is 2. The molecule has 5 heteroatoms. The number of hydrogen-bond acceptors (Lipinski definition) is 3. The Morgan fingerprint density at radius 1 is 1.11 bits per heavy atom. The summed E-state index contributed by atoms with van der Waals surface area (Å²) in [6, 6.07) is 4.68. The monoisotopic (exact) mass is 382 g/mol. The molecule has 2 aromatic rings. The molecule has 28 heavy (non-hydrogen) atoms. The molecule has 0 fully saturated rings. The van der Waals surface area contributed by atoms with E-state index in [1.165, 1.54) is 16.7 Å². The maximum absolute atomic E-state index is 13.2. The summed E-state index contributed by atoms with van der Waals surface area (Å²) in [5, 5.41) is 0. The van der Waals surface area contributed by atoms with Crippen LogP contribution in [0.15, 0.2) is 12.1 Å². The zero-order chi connectivity index (χ0) is 20.7. The minimum absolute atomic E-state index is 0.0694. The van der Waals surface area contributed by atoms with Crippen molar-refractivity contribution in [2.24, 2.45) is 5.92 Å². The van der Waals surface area contributed by atoms with E-state index in [1.54, 1.807) is 0 Å². The van der Waals surface area contributed by atoms with E-state index in [9.17, 15) is 4.79 Å². The Labute approximate surface area is 169 Å². The van der Waals surface area contributed by atoms with Gasteiger partial charge in [-0.3, -0.25) is 4.79 Å². The van der Waals surface area contributed by atoms with Gasteiger partial charge in [-0.05, 0) is 44.2 Å². The van der Waals surface area contributed by atoms with Crippen molar-refractivity contribution in [1.29, 1.82) is 0 Å². The number of fused-ring (bicyclic) bond motifs is 1. The lowest BCUT2D eigenvalue weighted by Gasteiger charge is -2.36. The maximum Gasteiger partial charge on any atom is 0.275 e. The van der Waals surface area contributed by atoms with Crippen molar-refractivity contribution in [3.8, 4) is 0 Å². The van der Waals surface area contributed by atoms with Crippen LogP contribution < -0.4 is 4.90 Å². The van der Waals surface area contributed by atoms with E-state index >= 15 is 0 Å². The van der Waals surface area contributed by atoms with Crippen molar-refractivity contribution < 1.29 is 4.79 Å². The molecule has 152 valence electrons. The minimum Gasteiger partial charge on any atom is -0.322 e. The Bertz CT molecular complexity index is 873. The highest BCUT2D eigenvalue weighted by atomic mass is 16.2. The van der Waals surface area contributed by atoms with E-state index in [2.05, 4.69) is 70.1 Å². The first-order valence-corrected chi connectivity index (χ1v) is 10.4. The average Bonchev–Trinajstić information content (AvgIpc) is 2.98. The molecule has 1 atom stereocenters. The van der Waals surface area contributed by atoms with E-state index in [0.717, 1.165) is 35.9 Å². The van der Waals surface area contributed by atoms with Crippen LogP contribution in [0.2, 0.25) is 0 Å². The normalized spacial score (nSPS) is 15.4. The van der Waals surface area contributed by atoms with E-state index in [1.807, 2.05) is 11.9 Å². The molecule has 1 unspecified atom stereocenters. The van der Waals surface area contributed by atoms with Crippen LogP contribution in [0.5, 0.6) is 0 Å². The number of amides is 1. The molecule has 0 bridgehead atoms. The zero-order valence-corrected chi connectivity index (χ0v) is 18.6. The molecule has 0 N–H and O–H groups in total. The fourth-order valence-electron chi connectivity index (χ4n) is 4.71. The molecule has 1 aliphatic heterocycles. The Hall–Kier alpha value is -2.30. The van der Waals surface area contributed by atoms with E-state index < -0.39 is 0 Å². The summed E-state index contributed by atoms with van der Waals surface area (Å²) in [4.78, 5) is 22.3. The van der Waals surface area contributed by atoms with Crippen LogP contribution in [0.25, 0.3) is 0 Å². The molecule has 0 radical (unpaired) electrons. The SMILES string of the molecule is CCc1nc2c(n1C(CC)C(C)C)C(=O)N(C)CN2c1c(C)cc(C)cc1C. The van der Waals surface area contributed by atoms with Gasteiger partial charge in [0.2, 0.25) is 0 Å². The third kappa shape index (κ3) is 3.21. The Balaban J connectivity index is 2.28. The van der Waals surface area contributed by atoms with Gasteiger partial charge < -0.3 is 14.4 Å². The first-order chi connectivity index (χ1) is 13.2. The van der Waals surface area contributed by atoms with Crippen LogP contribution in [0.1, 0.15) is 73.2 Å². The van der Waals surface area contributed by atoms with Crippen molar-refractivity contribution in [3.63, 3.8) is 0 Å². The van der Waals surface area contributed by atoms with Crippen LogP contribution in [-0.2, 0) is 6.42 Å². The standard InChI is InChI=1S/C23H34N4O/c1-9-18(14(3)4)27-19(10-2)24-22-21(27)23(28)25(8)13-26(22)20-16(6)11-15(5)12-17(20)7/h11-12,14,18H,9-10,13H2,1-8H3. The molecule has 0 saturated heterocycles. The lowest BCUT2D eigenvalue weighted by Crippen LogP contribution is -2.44. The average molecular weight is 383 g/mol. The van der Waals surface area contributed by atoms with Gasteiger partial charge in [-0.25, -0.2) is 4.98 Å². The quantitative estimate of drug-likeness (QED) is 0.717. The highest BCUT2D eigenvalue weighted by Gasteiger charge is 2.37. The Morgan fingerprint density at radius 2 is 1.71 bits per heavy atom. The van der Waals surface area contributed by atoms with Gasteiger partial charge in [0.1, 0.15) is 5.82 Å². The van der Waals surface area contributed by atoms with Crippen LogP contribution in [0.3, 0.4) is 0 Å². The second-order valence-corrected chi connectivity index (χ2v) is 8.46. The molecule has 1 aromatic heterocycles. The molecule has 0 saturated carbocycles. The van der Waals surface area contributed by atoms with Crippen LogP contribution in [0, 0.1) is 26.7 Å². The zero-order valence-electron chi connectivity index (χ0n) is 18.6. The predicted molar refractivity (Wildman–Crippen MR) is 116 cm³/mol. The van der Waals surface area contributed by atoms with Gasteiger partial charge in [0, 0.05) is 19.5 Å². The number of imidazole rings is 1. The van der Waals surface area contributed by atoms with Gasteiger partial charge in [0.15, 0.2) is 11.5 Å². The molecule has 1 aliphatic rings. The smallest absolute Gasteiger partial charge is 0.275 e. The molecule has 5 nitrogen and oxygen atoms in total. The number of nitrogens with zero attached hydrogens (tertiary/aromatic N) is 4. The second-order valence-electron chi connectivity index (χ2n) is 8.46. The topological polar surface area (TPSA) is 41.4 Å². The van der Waals surface area contributed by atoms with Gasteiger partial charge in [-0.2, -0.15) is 0 Å². The van der Waals surface area contributed by atoms with Crippen molar-refractivity contribution >= 4 is 17.4 Å². The fourth-order valence-corrected chi connectivity index (χ4v) is 4.71. The Kier molecular flexibility index (Phi) is 5.55. The number of benzene rings is 1. The molecule has 0 spiro atoms. The largest absolute Gasteiger partial charge is 0.322 e. The molecular weight excluding hydrogens is 348 g/mol. The van der Waals surface area contributed by atoms with E-state index in [0.29, 0.717) is 12.6 Å². The highest BCUT2D eigenvalue weighted by molar-refractivity contribution is 6.00. The minimum atomic E-state index is 0.0694. The van der Waals surface area contributed by atoms with Crippen LogP contribution in [0.4, 0.5) is 11.5 Å². The fraction of sp³-hybridized carbons (Fsp3) is 0.565. The number of aryl methyl sites for hydroxylation is 4. The molecule has 2 heterocycles. The summed E-state index contributed by atoms with van der Waals surface area (Å²) >= 11 is 0. The first-order valence-electron chi connectivity index (χ1n) is 10.4. The van der Waals surface area contributed by atoms with E-state index in [4.69, 9.17) is 4.98 Å². The molecule has 3 rings (SSSR count). The molecular formula is C23H34N4O. The number of rotatable bonds is 5. The van der Waals surface area contributed by atoms with Gasteiger partial charge in [0.25, 0.3) is 5.91 Å². The summed E-state index contributed by atoms with van der Waals surface area (Å²) in [5.41, 5.74) is 5.59. The summed E-state index contributed by atoms with van der Waals surface area (Å²) in [5.74, 6) is 2.32. The van der Waals surface area contributed by atoms with Crippen molar-refractivity contribution in [1.82, 2.24) is 14.5 Å². The van der Waals surface area contributed by atoms with Crippen LogP contribution in [-0.4, -0.2) is 34.1 Å². The number of hydrogen-bond donors (Lipinski definition) is 0. The van der Waals surface area contributed by atoms with Crippen molar-refractivity contribution in [3.05, 3.63) is 40.3 Å². The van der Waals surface area contributed by atoms with Crippen molar-refractivity contribution in [2.75, 3.05) is 18.6 Å². The number of carbonyl (C=O) groups is 1. The van der Waals surface area contributed by atoms with Gasteiger partial charge in [-0.1, -0.05) is 45.4 Å². The number of aromatic nitrogens is 2. The summed E-state index contributed by atoms with van der Waals surface area (Å²) in [7, 11) is 1.89. The highest BCUT2D eigenvalue weighted by Crippen LogP contribution is 2.39. The summed E-state index contributed by atoms with van der Waals surface area (Å²) in [6.07, 6.45) is 1.79. The summed E-state index contributed by atoms with van der Waals surface area (Å²) < 4.78 is 2.23. The third-order valence-electron chi connectivity index (χ3n) is 5.87. The van der Waals surface area contributed by atoms with Gasteiger partial charge >= 0.3 is 0 Å². The maximum atomic E-state index is 13.2. The van der Waals surface area contributed by atoms with Gasteiger partial charge in [0.05, 0.1) is 12.4 Å². The molecule has 0 aliphatic carbocycles. The number of carbonyl (C=O) groups excluding carboxylic acids is 1. The van der Waals surface area contributed by atoms with Crippen LogP contribution >= 0.6 is 0 Å². The van der Waals surface area contributed by atoms with Gasteiger partial charge in [-0.15, -0.1) is 0 Å². The Morgan fingerprint density at radius 3 is 2.21 bits per heavy atom. The lowest BCUT2D eigenvalue weighted by molar-refractivity contribution is 0.0770. The molecule has 1 amide bonds. The first kappa shape index (κ1) is 20.4. The predicted octanol–water partition coefficient (Wildman–Crippen LogP) is 5.16. The summed E-state index contributed by atoms with van der Waals surface area (Å²) in [6.45, 7) is 15.7. The third-order valence-corrected chi connectivity index (χ3v) is 5.87. The lowest BCUT2D eigenvalue weighted by atomic mass is 10.0. The van der Waals surface area contributed by atoms with Crippen molar-refractivity contribution in [2.45, 2.75) is 67.3 Å². The molecule has 1 aromatic carbocycles. The second kappa shape index (κ2) is 7.61.